The summed E-state index contributed by atoms with van der Waals surface area (Å²) < 4.78 is 13.9. The molecule has 0 spiro atoms. The van der Waals surface area contributed by atoms with Crippen LogP contribution in [-0.2, 0) is 6.54 Å². The quantitative estimate of drug-likeness (QED) is 0.843. The van der Waals surface area contributed by atoms with Gasteiger partial charge in [-0.1, -0.05) is 22.9 Å². The first-order valence-electron chi connectivity index (χ1n) is 5.74. The molecule has 0 heterocycles. The zero-order chi connectivity index (χ0) is 13.8. The van der Waals surface area contributed by atoms with Gasteiger partial charge in [0.25, 0.3) is 0 Å². The van der Waals surface area contributed by atoms with E-state index in [1.165, 1.54) is 12.1 Å². The number of aliphatic hydroxyl groups excluding tert-OH is 2. The van der Waals surface area contributed by atoms with Crippen LogP contribution in [0, 0.1) is 11.2 Å². The summed E-state index contributed by atoms with van der Waals surface area (Å²) in [5.41, 5.74) is 0.307. The maximum atomic E-state index is 13.2. The zero-order valence-corrected chi connectivity index (χ0v) is 12.2. The molecule has 0 aliphatic carbocycles. The monoisotopic (exact) mass is 319 g/mol. The molecule has 0 aliphatic rings. The Morgan fingerprint density at radius 2 is 1.89 bits per heavy atom. The largest absolute Gasteiger partial charge is 0.396 e. The van der Waals surface area contributed by atoms with Crippen molar-refractivity contribution in [2.24, 2.45) is 5.41 Å². The fraction of sp³-hybridized carbons (Fsp3) is 0.538. The van der Waals surface area contributed by atoms with Gasteiger partial charge in [-0.05, 0) is 30.8 Å². The van der Waals surface area contributed by atoms with Gasteiger partial charge in [0.05, 0.1) is 13.2 Å². The van der Waals surface area contributed by atoms with E-state index in [9.17, 15) is 14.6 Å². The Bertz CT molecular complexity index is 376. The normalized spacial score (nSPS) is 12.2. The van der Waals surface area contributed by atoms with E-state index in [1.54, 1.807) is 0 Å². The molecule has 0 amide bonds. The van der Waals surface area contributed by atoms with Crippen molar-refractivity contribution >= 4 is 15.9 Å². The Morgan fingerprint density at radius 1 is 1.28 bits per heavy atom. The molecule has 18 heavy (non-hydrogen) atoms. The Hall–Kier alpha value is -0.490. The van der Waals surface area contributed by atoms with Crippen LogP contribution in [0.2, 0.25) is 0 Å². The third kappa shape index (κ3) is 4.65. The molecule has 0 aromatic heterocycles. The average Bonchev–Trinajstić information content (AvgIpc) is 2.27. The molecule has 102 valence electrons. The van der Waals surface area contributed by atoms with Crippen LogP contribution in [0.5, 0.6) is 0 Å². The first-order valence-corrected chi connectivity index (χ1v) is 6.53. The maximum Gasteiger partial charge on any atom is 0.124 e. The topological polar surface area (TPSA) is 43.7 Å². The second-order valence-corrected chi connectivity index (χ2v) is 5.99. The third-order valence-electron chi connectivity index (χ3n) is 2.79. The van der Waals surface area contributed by atoms with Crippen molar-refractivity contribution in [1.29, 1.82) is 0 Å². The van der Waals surface area contributed by atoms with Crippen LogP contribution in [0.15, 0.2) is 22.7 Å². The van der Waals surface area contributed by atoms with Gasteiger partial charge in [-0.3, -0.25) is 0 Å². The number of hydrogen-bond donors (Lipinski definition) is 2. The molecule has 0 saturated carbocycles. The van der Waals surface area contributed by atoms with E-state index in [0.29, 0.717) is 17.6 Å². The SMILES string of the molecule is CN(Cc1cc(F)cc(Br)c1)CC(C)(CO)CO. The van der Waals surface area contributed by atoms with Crippen LogP contribution in [0.1, 0.15) is 12.5 Å². The lowest BCUT2D eigenvalue weighted by molar-refractivity contribution is 0.0402. The van der Waals surface area contributed by atoms with E-state index in [1.807, 2.05) is 24.9 Å². The van der Waals surface area contributed by atoms with Crippen LogP contribution >= 0.6 is 15.9 Å². The molecule has 2 N–H and O–H groups in total. The highest BCUT2D eigenvalue weighted by atomic mass is 79.9. The number of hydrogen-bond acceptors (Lipinski definition) is 3. The molecule has 1 aromatic rings. The third-order valence-corrected chi connectivity index (χ3v) is 3.25. The van der Waals surface area contributed by atoms with Gasteiger partial charge in [0.2, 0.25) is 0 Å². The van der Waals surface area contributed by atoms with Gasteiger partial charge in [0.1, 0.15) is 5.82 Å². The van der Waals surface area contributed by atoms with Crippen molar-refractivity contribution in [1.82, 2.24) is 4.90 Å². The van der Waals surface area contributed by atoms with Gasteiger partial charge in [0, 0.05) is 23.0 Å². The minimum atomic E-state index is -0.542. The Balaban J connectivity index is 2.67. The molecule has 0 unspecified atom stereocenters. The Labute approximate surface area is 115 Å². The van der Waals surface area contributed by atoms with Crippen molar-refractivity contribution in [2.75, 3.05) is 26.8 Å². The molecule has 0 fully saturated rings. The molecular formula is C13H19BrFNO2. The molecule has 0 bridgehead atoms. The summed E-state index contributed by atoms with van der Waals surface area (Å²) in [6, 6.07) is 4.75. The lowest BCUT2D eigenvalue weighted by Crippen LogP contribution is -2.38. The molecule has 0 aliphatic heterocycles. The second-order valence-electron chi connectivity index (χ2n) is 5.08. The number of aliphatic hydroxyl groups is 2. The van der Waals surface area contributed by atoms with E-state index in [-0.39, 0.29) is 19.0 Å². The fourth-order valence-electron chi connectivity index (χ4n) is 1.87. The van der Waals surface area contributed by atoms with Crippen LogP contribution in [0.3, 0.4) is 0 Å². The molecule has 0 radical (unpaired) electrons. The highest BCUT2D eigenvalue weighted by molar-refractivity contribution is 9.10. The lowest BCUT2D eigenvalue weighted by Gasteiger charge is -2.30. The van der Waals surface area contributed by atoms with Crippen molar-refractivity contribution < 1.29 is 14.6 Å². The molecule has 3 nitrogen and oxygen atoms in total. The first kappa shape index (κ1) is 15.6. The van der Waals surface area contributed by atoms with Crippen molar-refractivity contribution in [3.05, 3.63) is 34.1 Å². The predicted octanol–water partition coefficient (Wildman–Crippen LogP) is 2.01. The summed E-state index contributed by atoms with van der Waals surface area (Å²) in [4.78, 5) is 1.95. The zero-order valence-electron chi connectivity index (χ0n) is 10.7. The maximum absolute atomic E-state index is 13.2. The lowest BCUT2D eigenvalue weighted by atomic mass is 9.92. The van der Waals surface area contributed by atoms with E-state index >= 15 is 0 Å². The summed E-state index contributed by atoms with van der Waals surface area (Å²) in [6.07, 6.45) is 0. The van der Waals surface area contributed by atoms with Crippen molar-refractivity contribution in [3.8, 4) is 0 Å². The van der Waals surface area contributed by atoms with Crippen molar-refractivity contribution in [2.45, 2.75) is 13.5 Å². The van der Waals surface area contributed by atoms with E-state index in [2.05, 4.69) is 15.9 Å². The summed E-state index contributed by atoms with van der Waals surface area (Å²) in [7, 11) is 1.88. The number of rotatable bonds is 6. The van der Waals surface area contributed by atoms with E-state index in [0.717, 1.165) is 5.56 Å². The van der Waals surface area contributed by atoms with Crippen LogP contribution < -0.4 is 0 Å². The Morgan fingerprint density at radius 3 is 2.39 bits per heavy atom. The average molecular weight is 320 g/mol. The van der Waals surface area contributed by atoms with Gasteiger partial charge in [-0.15, -0.1) is 0 Å². The number of benzene rings is 1. The van der Waals surface area contributed by atoms with Gasteiger partial charge in [-0.25, -0.2) is 4.39 Å². The number of nitrogens with zero attached hydrogens (tertiary/aromatic N) is 1. The second kappa shape index (κ2) is 6.61. The van der Waals surface area contributed by atoms with Crippen LogP contribution in [-0.4, -0.2) is 41.9 Å². The summed E-state index contributed by atoms with van der Waals surface area (Å²) in [6.45, 7) is 2.74. The number of halogens is 2. The molecule has 1 aromatic carbocycles. The fourth-order valence-corrected chi connectivity index (χ4v) is 2.38. The smallest absolute Gasteiger partial charge is 0.124 e. The van der Waals surface area contributed by atoms with Gasteiger partial charge in [-0.2, -0.15) is 0 Å². The highest BCUT2D eigenvalue weighted by Crippen LogP contribution is 2.19. The summed E-state index contributed by atoms with van der Waals surface area (Å²) >= 11 is 3.25. The minimum absolute atomic E-state index is 0.0827. The van der Waals surface area contributed by atoms with Crippen LogP contribution in [0.25, 0.3) is 0 Å². The molecule has 5 heteroatoms. The standard InChI is InChI=1S/C13H19BrFNO2/c1-13(8-17,9-18)7-16(2)6-10-3-11(14)5-12(15)4-10/h3-5,17-18H,6-9H2,1-2H3. The minimum Gasteiger partial charge on any atom is -0.396 e. The van der Waals surface area contributed by atoms with Crippen molar-refractivity contribution in [3.63, 3.8) is 0 Å². The predicted molar refractivity (Wildman–Crippen MR) is 72.7 cm³/mol. The van der Waals surface area contributed by atoms with Gasteiger partial charge in [0.15, 0.2) is 0 Å². The molecule has 0 atom stereocenters. The molecular weight excluding hydrogens is 301 g/mol. The van der Waals surface area contributed by atoms with E-state index < -0.39 is 5.41 Å². The van der Waals surface area contributed by atoms with Crippen LogP contribution in [0.4, 0.5) is 4.39 Å². The first-order chi connectivity index (χ1) is 8.38. The van der Waals surface area contributed by atoms with Gasteiger partial charge >= 0.3 is 0 Å². The summed E-state index contributed by atoms with van der Waals surface area (Å²) in [5.74, 6) is -0.278. The molecule has 0 saturated heterocycles. The molecule has 1 rings (SSSR count). The highest BCUT2D eigenvalue weighted by Gasteiger charge is 2.24. The summed E-state index contributed by atoms with van der Waals surface area (Å²) in [5, 5.41) is 18.5. The van der Waals surface area contributed by atoms with Gasteiger partial charge < -0.3 is 15.1 Å². The Kier molecular flexibility index (Phi) is 5.72. The van der Waals surface area contributed by atoms with E-state index in [4.69, 9.17) is 0 Å².